The zero-order valence-corrected chi connectivity index (χ0v) is 24.5. The molecule has 0 saturated carbocycles. The van der Waals surface area contributed by atoms with E-state index in [-0.39, 0.29) is 17.6 Å². The van der Waals surface area contributed by atoms with Crippen molar-refractivity contribution in [2.75, 3.05) is 27.2 Å². The van der Waals surface area contributed by atoms with Crippen molar-refractivity contribution in [3.63, 3.8) is 0 Å². The van der Waals surface area contributed by atoms with Crippen LogP contribution in [-0.2, 0) is 6.42 Å². The molecule has 0 spiro atoms. The SMILES string of the molecule is CC1c2cccc(C(=O)O)c2CCN1C(=O)c1cc2ncc(Cl)cn2n1.CCCCCCCCCCN(C)C. The molecule has 1 aromatic carbocycles. The molecular weight excluding hydrogens is 514 g/mol. The number of fused-ring (bicyclic) bond motifs is 2. The first-order valence-corrected chi connectivity index (χ1v) is 14.4. The van der Waals surface area contributed by atoms with E-state index in [0.717, 1.165) is 11.1 Å². The van der Waals surface area contributed by atoms with Gasteiger partial charge in [0.15, 0.2) is 11.3 Å². The van der Waals surface area contributed by atoms with Crippen LogP contribution < -0.4 is 0 Å². The largest absolute Gasteiger partial charge is 0.478 e. The molecule has 39 heavy (non-hydrogen) atoms. The Bertz CT molecular complexity index is 1240. The summed E-state index contributed by atoms with van der Waals surface area (Å²) < 4.78 is 1.47. The number of nitrogens with zero attached hydrogens (tertiary/aromatic N) is 5. The lowest BCUT2D eigenvalue weighted by molar-refractivity contribution is 0.0668. The summed E-state index contributed by atoms with van der Waals surface area (Å²) in [5.41, 5.74) is 2.77. The fourth-order valence-corrected chi connectivity index (χ4v) is 5.16. The Labute approximate surface area is 237 Å². The maximum atomic E-state index is 13.0. The van der Waals surface area contributed by atoms with E-state index in [1.54, 1.807) is 29.3 Å². The molecule has 1 aliphatic rings. The number of carboxylic acid groups (broad SMARTS) is 1. The lowest BCUT2D eigenvalue weighted by atomic mass is 9.89. The predicted molar refractivity (Wildman–Crippen MR) is 156 cm³/mol. The van der Waals surface area contributed by atoms with E-state index in [0.29, 0.717) is 29.2 Å². The Balaban J connectivity index is 0.000000276. The molecule has 8 nitrogen and oxygen atoms in total. The number of halogens is 1. The van der Waals surface area contributed by atoms with Gasteiger partial charge in [-0.2, -0.15) is 5.10 Å². The number of hydrogen-bond donors (Lipinski definition) is 1. The predicted octanol–water partition coefficient (Wildman–Crippen LogP) is 6.53. The van der Waals surface area contributed by atoms with Gasteiger partial charge in [0.1, 0.15) is 0 Å². The molecule has 4 rings (SSSR count). The molecule has 0 saturated heterocycles. The second kappa shape index (κ2) is 15.0. The maximum Gasteiger partial charge on any atom is 0.335 e. The van der Waals surface area contributed by atoms with Crippen molar-refractivity contribution in [1.29, 1.82) is 0 Å². The van der Waals surface area contributed by atoms with Crippen molar-refractivity contribution < 1.29 is 14.7 Å². The summed E-state index contributed by atoms with van der Waals surface area (Å²) in [7, 11) is 4.31. The van der Waals surface area contributed by atoms with E-state index in [1.165, 1.54) is 68.6 Å². The van der Waals surface area contributed by atoms with Crippen LogP contribution in [0.2, 0.25) is 5.02 Å². The molecule has 0 radical (unpaired) electrons. The zero-order chi connectivity index (χ0) is 28.4. The lowest BCUT2D eigenvalue weighted by Gasteiger charge is -2.35. The van der Waals surface area contributed by atoms with Gasteiger partial charge in [-0.25, -0.2) is 14.3 Å². The van der Waals surface area contributed by atoms with E-state index in [9.17, 15) is 14.7 Å². The Hall–Kier alpha value is -2.97. The van der Waals surface area contributed by atoms with Crippen molar-refractivity contribution in [2.24, 2.45) is 0 Å². The fourth-order valence-electron chi connectivity index (χ4n) is 5.01. The lowest BCUT2D eigenvalue weighted by Crippen LogP contribution is -2.39. The molecule has 1 aliphatic heterocycles. The third-order valence-corrected chi connectivity index (χ3v) is 7.38. The molecule has 9 heteroatoms. The number of hydrogen-bond acceptors (Lipinski definition) is 5. The van der Waals surface area contributed by atoms with Gasteiger partial charge in [0, 0.05) is 18.8 Å². The second-order valence-electron chi connectivity index (χ2n) is 10.5. The first-order valence-electron chi connectivity index (χ1n) is 14.0. The van der Waals surface area contributed by atoms with Gasteiger partial charge in [0.2, 0.25) is 0 Å². The fraction of sp³-hybridized carbons (Fsp3) is 0.533. The minimum Gasteiger partial charge on any atom is -0.478 e. The van der Waals surface area contributed by atoms with Crippen molar-refractivity contribution in [3.05, 3.63) is 64.1 Å². The van der Waals surface area contributed by atoms with Gasteiger partial charge in [-0.3, -0.25) is 4.79 Å². The number of benzene rings is 1. The molecule has 3 heterocycles. The molecule has 1 atom stereocenters. The molecule has 0 aliphatic carbocycles. The standard InChI is InChI=1S/C18H15ClN4O3.C12H27N/c1-10-12-3-2-4-14(18(25)26)13(12)5-6-22(10)17(24)15-7-16-20-8-11(19)9-23(16)21-15;1-4-5-6-7-8-9-10-11-12-13(2)3/h2-4,7-10H,5-6H2,1H3,(H,25,26);4-12H2,1-3H3. The van der Waals surface area contributed by atoms with Gasteiger partial charge in [-0.1, -0.05) is 75.6 Å². The van der Waals surface area contributed by atoms with Gasteiger partial charge < -0.3 is 14.9 Å². The van der Waals surface area contributed by atoms with Gasteiger partial charge >= 0.3 is 5.97 Å². The highest BCUT2D eigenvalue weighted by Gasteiger charge is 2.31. The minimum absolute atomic E-state index is 0.217. The summed E-state index contributed by atoms with van der Waals surface area (Å²) in [5, 5.41) is 14.1. The highest BCUT2D eigenvalue weighted by molar-refractivity contribution is 6.30. The van der Waals surface area contributed by atoms with E-state index in [1.807, 2.05) is 13.0 Å². The van der Waals surface area contributed by atoms with Gasteiger partial charge in [0.05, 0.1) is 22.8 Å². The molecule has 212 valence electrons. The average Bonchev–Trinajstić information content (AvgIpc) is 3.33. The number of carbonyl (C=O) groups excluding carboxylic acids is 1. The molecule has 0 fully saturated rings. The molecular formula is C30H42ClN5O3. The van der Waals surface area contributed by atoms with Crippen molar-refractivity contribution in [1.82, 2.24) is 24.4 Å². The first-order chi connectivity index (χ1) is 18.7. The number of carboxylic acids is 1. The van der Waals surface area contributed by atoms with E-state index in [2.05, 4.69) is 36.0 Å². The van der Waals surface area contributed by atoms with E-state index in [4.69, 9.17) is 11.6 Å². The van der Waals surface area contributed by atoms with Crippen LogP contribution in [0.15, 0.2) is 36.7 Å². The number of carbonyl (C=O) groups is 2. The average molecular weight is 556 g/mol. The highest BCUT2D eigenvalue weighted by Crippen LogP contribution is 2.32. The molecule has 1 amide bonds. The molecule has 1 unspecified atom stereocenters. The van der Waals surface area contributed by atoms with Crippen LogP contribution in [0.25, 0.3) is 5.65 Å². The molecule has 3 aromatic rings. The maximum absolute atomic E-state index is 13.0. The van der Waals surface area contributed by atoms with Crippen LogP contribution >= 0.6 is 11.6 Å². The Morgan fingerprint density at radius 2 is 1.79 bits per heavy atom. The topological polar surface area (TPSA) is 91.0 Å². The second-order valence-corrected chi connectivity index (χ2v) is 10.9. The molecule has 1 N–H and O–H groups in total. The number of amides is 1. The van der Waals surface area contributed by atoms with Crippen LogP contribution in [-0.4, -0.2) is 68.6 Å². The molecule has 0 bridgehead atoms. The molecule has 2 aromatic heterocycles. The number of unbranched alkanes of at least 4 members (excludes halogenated alkanes) is 7. The summed E-state index contributed by atoms with van der Waals surface area (Å²) in [5.74, 6) is -1.16. The Morgan fingerprint density at radius 3 is 2.46 bits per heavy atom. The van der Waals surface area contributed by atoms with Gasteiger partial charge in [0.25, 0.3) is 5.91 Å². The first kappa shape index (κ1) is 30.6. The van der Waals surface area contributed by atoms with Crippen molar-refractivity contribution in [3.8, 4) is 0 Å². The summed E-state index contributed by atoms with van der Waals surface area (Å²) >= 11 is 5.91. The summed E-state index contributed by atoms with van der Waals surface area (Å²) in [6.45, 7) is 5.86. The minimum atomic E-state index is -0.947. The summed E-state index contributed by atoms with van der Waals surface area (Å²) in [6.07, 6.45) is 15.0. The summed E-state index contributed by atoms with van der Waals surface area (Å²) in [6, 6.07) is 6.56. The van der Waals surface area contributed by atoms with Crippen LogP contribution in [0.3, 0.4) is 0 Å². The zero-order valence-electron chi connectivity index (χ0n) is 23.7. The van der Waals surface area contributed by atoms with Crippen LogP contribution in [0.1, 0.15) is 103 Å². The number of aromatic nitrogens is 3. The van der Waals surface area contributed by atoms with Gasteiger partial charge in [-0.15, -0.1) is 0 Å². The quantitative estimate of drug-likeness (QED) is 0.270. The number of rotatable bonds is 11. The highest BCUT2D eigenvalue weighted by atomic mass is 35.5. The van der Waals surface area contributed by atoms with Crippen LogP contribution in [0.4, 0.5) is 0 Å². The Morgan fingerprint density at radius 1 is 1.10 bits per heavy atom. The third kappa shape index (κ3) is 8.51. The van der Waals surface area contributed by atoms with E-state index < -0.39 is 5.97 Å². The van der Waals surface area contributed by atoms with E-state index >= 15 is 0 Å². The Kier molecular flexibility index (Phi) is 11.7. The monoisotopic (exact) mass is 555 g/mol. The van der Waals surface area contributed by atoms with Crippen LogP contribution in [0, 0.1) is 0 Å². The van der Waals surface area contributed by atoms with Crippen LogP contribution in [0.5, 0.6) is 0 Å². The smallest absolute Gasteiger partial charge is 0.335 e. The number of aromatic carboxylic acids is 1. The van der Waals surface area contributed by atoms with Gasteiger partial charge in [-0.05, 0) is 57.6 Å². The van der Waals surface area contributed by atoms with Crippen molar-refractivity contribution in [2.45, 2.75) is 77.7 Å². The third-order valence-electron chi connectivity index (χ3n) is 7.18. The normalized spacial score (nSPS) is 14.7. The van der Waals surface area contributed by atoms with Crippen molar-refractivity contribution >= 4 is 29.1 Å². The summed E-state index contributed by atoms with van der Waals surface area (Å²) in [4.78, 5) is 32.5.